The molecule has 8 heteroatoms. The molecule has 0 aliphatic carbocycles. The Balaban J connectivity index is 1.56. The Labute approximate surface area is 131 Å². The van der Waals surface area contributed by atoms with Gasteiger partial charge in [-0.3, -0.25) is 4.90 Å². The topological polar surface area (TPSA) is 45.4 Å². The standard InChI is InChI=1S/C15H17F3N4O/c1-11-19-14(20-23-11)10-21-6-8-22(9-7-21)13-4-2-12(3-5-13)15(16,17)18/h2-5H,6-10H2,1H3. The molecule has 5 nitrogen and oxygen atoms in total. The second-order valence-electron chi connectivity index (χ2n) is 5.54. The number of anilines is 1. The van der Waals surface area contributed by atoms with E-state index in [1.54, 1.807) is 6.92 Å². The van der Waals surface area contributed by atoms with Gasteiger partial charge in [-0.2, -0.15) is 18.2 Å². The number of hydrogen-bond donors (Lipinski definition) is 0. The number of benzene rings is 1. The molecule has 0 atom stereocenters. The third-order valence-electron chi connectivity index (χ3n) is 3.87. The SMILES string of the molecule is Cc1nc(CN2CCN(c3ccc(C(F)(F)F)cc3)CC2)no1. The summed E-state index contributed by atoms with van der Waals surface area (Å²) in [6, 6.07) is 5.32. The Hall–Kier alpha value is -2.09. The molecule has 124 valence electrons. The first-order chi connectivity index (χ1) is 10.9. The van der Waals surface area contributed by atoms with Gasteiger partial charge < -0.3 is 9.42 Å². The van der Waals surface area contributed by atoms with Crippen molar-refractivity contribution in [3.63, 3.8) is 0 Å². The number of hydrogen-bond acceptors (Lipinski definition) is 5. The van der Waals surface area contributed by atoms with Crippen molar-refractivity contribution in [1.82, 2.24) is 15.0 Å². The molecule has 0 saturated carbocycles. The molecular formula is C15H17F3N4O. The minimum atomic E-state index is -4.29. The van der Waals surface area contributed by atoms with Gasteiger partial charge >= 0.3 is 6.18 Å². The summed E-state index contributed by atoms with van der Waals surface area (Å²) in [7, 11) is 0. The fourth-order valence-corrected chi connectivity index (χ4v) is 2.63. The van der Waals surface area contributed by atoms with E-state index < -0.39 is 11.7 Å². The molecule has 1 aliphatic rings. The lowest BCUT2D eigenvalue weighted by molar-refractivity contribution is -0.137. The summed E-state index contributed by atoms with van der Waals surface area (Å²) in [5.74, 6) is 1.20. The van der Waals surface area contributed by atoms with E-state index in [4.69, 9.17) is 4.52 Å². The van der Waals surface area contributed by atoms with Crippen LogP contribution in [0.25, 0.3) is 0 Å². The molecule has 1 aromatic carbocycles. The van der Waals surface area contributed by atoms with Crippen LogP contribution in [0, 0.1) is 6.92 Å². The van der Waals surface area contributed by atoms with Crippen LogP contribution in [0.4, 0.5) is 18.9 Å². The van der Waals surface area contributed by atoms with Crippen LogP contribution in [0.2, 0.25) is 0 Å². The summed E-state index contributed by atoms with van der Waals surface area (Å²) >= 11 is 0. The monoisotopic (exact) mass is 326 g/mol. The van der Waals surface area contributed by atoms with Crippen LogP contribution >= 0.6 is 0 Å². The first-order valence-electron chi connectivity index (χ1n) is 7.35. The molecule has 23 heavy (non-hydrogen) atoms. The summed E-state index contributed by atoms with van der Waals surface area (Å²) < 4.78 is 42.7. The number of rotatable bonds is 3. The maximum Gasteiger partial charge on any atom is 0.416 e. The van der Waals surface area contributed by atoms with E-state index >= 15 is 0 Å². The quantitative estimate of drug-likeness (QED) is 0.868. The van der Waals surface area contributed by atoms with Crippen LogP contribution in [0.5, 0.6) is 0 Å². The molecule has 0 spiro atoms. The normalized spacial score (nSPS) is 16.8. The second kappa shape index (κ2) is 6.19. The van der Waals surface area contributed by atoms with Crippen LogP contribution in [0.3, 0.4) is 0 Å². The van der Waals surface area contributed by atoms with Crippen molar-refractivity contribution in [1.29, 1.82) is 0 Å². The average Bonchev–Trinajstić information content (AvgIpc) is 2.92. The van der Waals surface area contributed by atoms with E-state index in [1.807, 2.05) is 0 Å². The minimum absolute atomic E-state index is 0.545. The lowest BCUT2D eigenvalue weighted by Gasteiger charge is -2.35. The molecule has 0 unspecified atom stereocenters. The zero-order chi connectivity index (χ0) is 16.4. The van der Waals surface area contributed by atoms with Crippen molar-refractivity contribution in [3.8, 4) is 0 Å². The van der Waals surface area contributed by atoms with Gasteiger partial charge in [-0.05, 0) is 24.3 Å². The van der Waals surface area contributed by atoms with E-state index in [1.165, 1.54) is 12.1 Å². The second-order valence-corrected chi connectivity index (χ2v) is 5.54. The van der Waals surface area contributed by atoms with Crippen molar-refractivity contribution in [2.75, 3.05) is 31.1 Å². The Morgan fingerprint density at radius 2 is 1.74 bits per heavy atom. The Morgan fingerprint density at radius 1 is 1.09 bits per heavy atom. The van der Waals surface area contributed by atoms with E-state index in [-0.39, 0.29) is 0 Å². The molecule has 1 aromatic heterocycles. The average molecular weight is 326 g/mol. The van der Waals surface area contributed by atoms with Crippen LogP contribution in [0.1, 0.15) is 17.3 Å². The predicted molar refractivity (Wildman–Crippen MR) is 78.0 cm³/mol. The molecule has 2 heterocycles. The van der Waals surface area contributed by atoms with Gasteiger partial charge in [0.2, 0.25) is 5.89 Å². The number of aryl methyl sites for hydroxylation is 1. The number of alkyl halides is 3. The van der Waals surface area contributed by atoms with Crippen LogP contribution in [-0.2, 0) is 12.7 Å². The maximum atomic E-state index is 12.6. The fourth-order valence-electron chi connectivity index (χ4n) is 2.63. The first-order valence-corrected chi connectivity index (χ1v) is 7.35. The molecule has 1 fully saturated rings. The Kier molecular flexibility index (Phi) is 4.25. The summed E-state index contributed by atoms with van der Waals surface area (Å²) in [6.45, 7) is 5.48. The minimum Gasteiger partial charge on any atom is -0.369 e. The third kappa shape index (κ3) is 3.82. The zero-order valence-electron chi connectivity index (χ0n) is 12.7. The van der Waals surface area contributed by atoms with Gasteiger partial charge in [-0.25, -0.2) is 0 Å². The molecule has 1 saturated heterocycles. The molecular weight excluding hydrogens is 309 g/mol. The van der Waals surface area contributed by atoms with Crippen molar-refractivity contribution < 1.29 is 17.7 Å². The number of nitrogens with zero attached hydrogens (tertiary/aromatic N) is 4. The van der Waals surface area contributed by atoms with Gasteiger partial charge in [0, 0.05) is 38.8 Å². The van der Waals surface area contributed by atoms with E-state index in [9.17, 15) is 13.2 Å². The van der Waals surface area contributed by atoms with Crippen LogP contribution < -0.4 is 4.90 Å². The largest absolute Gasteiger partial charge is 0.416 e. The van der Waals surface area contributed by atoms with Gasteiger partial charge in [0.1, 0.15) is 0 Å². The maximum absolute atomic E-state index is 12.6. The van der Waals surface area contributed by atoms with Crippen molar-refractivity contribution >= 4 is 5.69 Å². The molecule has 3 rings (SSSR count). The van der Waals surface area contributed by atoms with Crippen LogP contribution in [0.15, 0.2) is 28.8 Å². The Bertz CT molecular complexity index is 645. The molecule has 1 aliphatic heterocycles. The van der Waals surface area contributed by atoms with E-state index in [0.29, 0.717) is 18.3 Å². The van der Waals surface area contributed by atoms with Gasteiger partial charge in [-0.1, -0.05) is 5.16 Å². The lowest BCUT2D eigenvalue weighted by Crippen LogP contribution is -2.46. The first kappa shape index (κ1) is 15.8. The molecule has 0 amide bonds. The smallest absolute Gasteiger partial charge is 0.369 e. The number of halogens is 3. The zero-order valence-corrected chi connectivity index (χ0v) is 12.7. The Morgan fingerprint density at radius 3 is 2.26 bits per heavy atom. The number of aromatic nitrogens is 2. The fraction of sp³-hybridized carbons (Fsp3) is 0.467. The third-order valence-corrected chi connectivity index (χ3v) is 3.87. The predicted octanol–water partition coefficient (Wildman–Crippen LogP) is 2.72. The van der Waals surface area contributed by atoms with E-state index in [0.717, 1.165) is 44.0 Å². The van der Waals surface area contributed by atoms with Crippen molar-refractivity contribution in [2.45, 2.75) is 19.6 Å². The highest BCUT2D eigenvalue weighted by Crippen LogP contribution is 2.30. The highest BCUT2D eigenvalue weighted by atomic mass is 19.4. The van der Waals surface area contributed by atoms with Crippen LogP contribution in [-0.4, -0.2) is 41.2 Å². The van der Waals surface area contributed by atoms with Crippen molar-refractivity contribution in [2.24, 2.45) is 0 Å². The number of piperazine rings is 1. The van der Waals surface area contributed by atoms with Gasteiger partial charge in [-0.15, -0.1) is 0 Å². The molecule has 0 bridgehead atoms. The van der Waals surface area contributed by atoms with Crippen molar-refractivity contribution in [3.05, 3.63) is 41.5 Å². The van der Waals surface area contributed by atoms with Gasteiger partial charge in [0.05, 0.1) is 12.1 Å². The summed E-state index contributed by atoms with van der Waals surface area (Å²) in [5.41, 5.74) is 0.195. The molecule has 0 radical (unpaired) electrons. The highest BCUT2D eigenvalue weighted by molar-refractivity contribution is 5.48. The summed E-state index contributed by atoms with van der Waals surface area (Å²) in [4.78, 5) is 8.46. The van der Waals surface area contributed by atoms with Gasteiger partial charge in [0.25, 0.3) is 0 Å². The van der Waals surface area contributed by atoms with Gasteiger partial charge in [0.15, 0.2) is 5.82 Å². The molecule has 2 aromatic rings. The molecule has 0 N–H and O–H groups in total. The van der Waals surface area contributed by atoms with E-state index in [2.05, 4.69) is 19.9 Å². The highest BCUT2D eigenvalue weighted by Gasteiger charge is 2.30. The lowest BCUT2D eigenvalue weighted by atomic mass is 10.1. The summed E-state index contributed by atoms with van der Waals surface area (Å²) in [5, 5.41) is 3.87. The summed E-state index contributed by atoms with van der Waals surface area (Å²) in [6.07, 6.45) is -4.29.